The molecule has 0 fully saturated rings. The van der Waals surface area contributed by atoms with Crippen molar-refractivity contribution in [3.05, 3.63) is 0 Å². The van der Waals surface area contributed by atoms with E-state index in [-0.39, 0.29) is 17.7 Å². The summed E-state index contributed by atoms with van der Waals surface area (Å²) in [6, 6.07) is 0. The average Bonchev–Trinajstić information content (AvgIpc) is 2.23. The Hall–Kier alpha value is -0.710. The quantitative estimate of drug-likeness (QED) is 0.685. The van der Waals surface area contributed by atoms with Crippen molar-refractivity contribution in [3.8, 4) is 0 Å². The summed E-state index contributed by atoms with van der Waals surface area (Å²) >= 11 is 1.63. The lowest BCUT2D eigenvalue weighted by Crippen LogP contribution is -2.33. The first-order valence-electron chi connectivity index (χ1n) is 5.53. The zero-order valence-corrected chi connectivity index (χ0v) is 11.0. The third kappa shape index (κ3) is 6.71. The van der Waals surface area contributed by atoms with Crippen LogP contribution in [0.1, 0.15) is 33.1 Å². The normalized spacial score (nSPS) is 14.2. The molecule has 0 aromatic rings. The SMILES string of the molecule is CCCC(CNC(=O)CC(C)SC)C(=O)O. The van der Waals surface area contributed by atoms with Crippen LogP contribution in [0, 0.1) is 5.92 Å². The minimum Gasteiger partial charge on any atom is -0.481 e. The maximum Gasteiger partial charge on any atom is 0.308 e. The van der Waals surface area contributed by atoms with E-state index in [0.717, 1.165) is 6.42 Å². The summed E-state index contributed by atoms with van der Waals surface area (Å²) < 4.78 is 0. The number of rotatable bonds is 8. The molecule has 94 valence electrons. The summed E-state index contributed by atoms with van der Waals surface area (Å²) in [5.74, 6) is -1.36. The van der Waals surface area contributed by atoms with Crippen LogP contribution in [-0.2, 0) is 9.59 Å². The van der Waals surface area contributed by atoms with E-state index in [1.54, 1.807) is 11.8 Å². The van der Waals surface area contributed by atoms with E-state index < -0.39 is 11.9 Å². The fourth-order valence-electron chi connectivity index (χ4n) is 1.31. The van der Waals surface area contributed by atoms with Crippen LogP contribution < -0.4 is 5.32 Å². The van der Waals surface area contributed by atoms with Crippen molar-refractivity contribution >= 4 is 23.6 Å². The van der Waals surface area contributed by atoms with Crippen molar-refractivity contribution in [2.75, 3.05) is 12.8 Å². The van der Waals surface area contributed by atoms with Gasteiger partial charge in [-0.25, -0.2) is 0 Å². The number of amides is 1. The minimum atomic E-state index is -0.833. The van der Waals surface area contributed by atoms with Gasteiger partial charge in [0.15, 0.2) is 0 Å². The maximum atomic E-state index is 11.4. The van der Waals surface area contributed by atoms with Gasteiger partial charge in [-0.2, -0.15) is 11.8 Å². The first kappa shape index (κ1) is 15.3. The molecule has 0 aromatic heterocycles. The molecule has 0 aromatic carbocycles. The Balaban J connectivity index is 3.91. The highest BCUT2D eigenvalue weighted by atomic mass is 32.2. The second kappa shape index (κ2) is 8.44. The predicted molar refractivity (Wildman–Crippen MR) is 66.6 cm³/mol. The van der Waals surface area contributed by atoms with Crippen LogP contribution in [0.5, 0.6) is 0 Å². The van der Waals surface area contributed by atoms with Gasteiger partial charge in [0.2, 0.25) is 5.91 Å². The molecule has 4 nitrogen and oxygen atoms in total. The molecular formula is C11H21NO3S. The van der Waals surface area contributed by atoms with Gasteiger partial charge < -0.3 is 10.4 Å². The van der Waals surface area contributed by atoms with E-state index in [1.165, 1.54) is 0 Å². The van der Waals surface area contributed by atoms with Gasteiger partial charge in [-0.15, -0.1) is 0 Å². The molecule has 2 atom stereocenters. The van der Waals surface area contributed by atoms with E-state index in [0.29, 0.717) is 12.8 Å². The van der Waals surface area contributed by atoms with Crippen molar-refractivity contribution in [3.63, 3.8) is 0 Å². The number of carbonyl (C=O) groups excluding carboxylic acids is 1. The lowest BCUT2D eigenvalue weighted by molar-refractivity contribution is -0.141. The Bertz CT molecular complexity index is 233. The number of carboxylic acids is 1. The summed E-state index contributed by atoms with van der Waals surface area (Å²) in [4.78, 5) is 22.3. The molecule has 0 heterocycles. The van der Waals surface area contributed by atoms with E-state index in [2.05, 4.69) is 5.32 Å². The zero-order valence-electron chi connectivity index (χ0n) is 10.2. The third-order valence-electron chi connectivity index (χ3n) is 2.41. The van der Waals surface area contributed by atoms with Crippen molar-refractivity contribution in [1.82, 2.24) is 5.32 Å². The van der Waals surface area contributed by atoms with Crippen LogP contribution in [0.2, 0.25) is 0 Å². The average molecular weight is 247 g/mol. The molecule has 0 spiro atoms. The molecule has 0 aliphatic carbocycles. The number of hydrogen-bond acceptors (Lipinski definition) is 3. The zero-order chi connectivity index (χ0) is 12.6. The van der Waals surface area contributed by atoms with E-state index in [1.807, 2.05) is 20.1 Å². The van der Waals surface area contributed by atoms with Gasteiger partial charge >= 0.3 is 5.97 Å². The molecule has 0 aliphatic heterocycles. The second-order valence-electron chi connectivity index (χ2n) is 3.88. The molecule has 5 heteroatoms. The summed E-state index contributed by atoms with van der Waals surface area (Å²) in [5, 5.41) is 11.8. The van der Waals surface area contributed by atoms with Gasteiger partial charge in [0.05, 0.1) is 5.92 Å². The van der Waals surface area contributed by atoms with Crippen LogP contribution >= 0.6 is 11.8 Å². The number of nitrogens with one attached hydrogen (secondary N) is 1. The van der Waals surface area contributed by atoms with Crippen molar-refractivity contribution in [2.24, 2.45) is 5.92 Å². The first-order chi connectivity index (χ1) is 7.51. The summed E-state index contributed by atoms with van der Waals surface area (Å²) in [6.45, 7) is 4.15. The molecule has 0 aliphatic rings. The van der Waals surface area contributed by atoms with Crippen LogP contribution in [0.3, 0.4) is 0 Å². The maximum absolute atomic E-state index is 11.4. The van der Waals surface area contributed by atoms with Crippen LogP contribution in [0.25, 0.3) is 0 Å². The highest BCUT2D eigenvalue weighted by molar-refractivity contribution is 7.99. The van der Waals surface area contributed by atoms with Gasteiger partial charge in [-0.1, -0.05) is 20.3 Å². The molecule has 2 N–H and O–H groups in total. The molecule has 1 amide bonds. The minimum absolute atomic E-state index is 0.0656. The second-order valence-corrected chi connectivity index (χ2v) is 5.15. The fourth-order valence-corrected chi connectivity index (χ4v) is 1.63. The van der Waals surface area contributed by atoms with E-state index in [4.69, 9.17) is 5.11 Å². The van der Waals surface area contributed by atoms with Gasteiger partial charge in [0.25, 0.3) is 0 Å². The van der Waals surface area contributed by atoms with Gasteiger partial charge in [-0.05, 0) is 12.7 Å². The largest absolute Gasteiger partial charge is 0.481 e. The number of aliphatic carboxylic acids is 1. The summed E-state index contributed by atoms with van der Waals surface area (Å²) in [7, 11) is 0. The Morgan fingerprint density at radius 3 is 2.50 bits per heavy atom. The van der Waals surface area contributed by atoms with E-state index >= 15 is 0 Å². The summed E-state index contributed by atoms with van der Waals surface area (Å²) in [6.07, 6.45) is 3.82. The van der Waals surface area contributed by atoms with E-state index in [9.17, 15) is 9.59 Å². The fraction of sp³-hybridized carbons (Fsp3) is 0.818. The summed E-state index contributed by atoms with van der Waals surface area (Å²) in [5.41, 5.74) is 0. The molecular weight excluding hydrogens is 226 g/mol. The Kier molecular flexibility index (Phi) is 8.07. The molecule has 16 heavy (non-hydrogen) atoms. The highest BCUT2D eigenvalue weighted by Crippen LogP contribution is 2.09. The van der Waals surface area contributed by atoms with Gasteiger partial charge in [0, 0.05) is 18.2 Å². The van der Waals surface area contributed by atoms with Crippen molar-refractivity contribution in [2.45, 2.75) is 38.4 Å². The van der Waals surface area contributed by atoms with Crippen LogP contribution in [0.15, 0.2) is 0 Å². The first-order valence-corrected chi connectivity index (χ1v) is 6.82. The number of hydrogen-bond donors (Lipinski definition) is 2. The van der Waals surface area contributed by atoms with Gasteiger partial charge in [-0.3, -0.25) is 9.59 Å². The van der Waals surface area contributed by atoms with Crippen molar-refractivity contribution < 1.29 is 14.7 Å². The number of carboxylic acid groups (broad SMARTS) is 1. The monoisotopic (exact) mass is 247 g/mol. The number of carbonyl (C=O) groups is 2. The van der Waals surface area contributed by atoms with Crippen molar-refractivity contribution in [1.29, 1.82) is 0 Å². The lowest BCUT2D eigenvalue weighted by atomic mass is 10.0. The highest BCUT2D eigenvalue weighted by Gasteiger charge is 2.17. The molecule has 0 radical (unpaired) electrons. The Morgan fingerprint density at radius 2 is 2.06 bits per heavy atom. The lowest BCUT2D eigenvalue weighted by Gasteiger charge is -2.13. The molecule has 0 bridgehead atoms. The number of thioether (sulfide) groups is 1. The van der Waals surface area contributed by atoms with Crippen LogP contribution in [0.4, 0.5) is 0 Å². The molecule has 0 saturated heterocycles. The molecule has 2 unspecified atom stereocenters. The predicted octanol–water partition coefficient (Wildman–Crippen LogP) is 1.75. The topological polar surface area (TPSA) is 66.4 Å². The standard InChI is InChI=1S/C11H21NO3S/c1-4-5-9(11(14)15)7-12-10(13)6-8(2)16-3/h8-9H,4-7H2,1-3H3,(H,12,13)(H,14,15). The Labute approximate surface area is 101 Å². The van der Waals surface area contributed by atoms with Crippen LogP contribution in [-0.4, -0.2) is 35.0 Å². The Morgan fingerprint density at radius 1 is 1.44 bits per heavy atom. The third-order valence-corrected chi connectivity index (χ3v) is 3.38. The smallest absolute Gasteiger partial charge is 0.308 e. The molecule has 0 rings (SSSR count). The van der Waals surface area contributed by atoms with Gasteiger partial charge in [0.1, 0.15) is 0 Å². The molecule has 0 saturated carbocycles.